The summed E-state index contributed by atoms with van der Waals surface area (Å²) in [6.07, 6.45) is 0.682. The molecule has 3 heteroatoms. The first-order valence-corrected chi connectivity index (χ1v) is 6.68. The van der Waals surface area contributed by atoms with Crippen LogP contribution in [0.2, 0.25) is 0 Å². The number of rotatable bonds is 4. The Morgan fingerprint density at radius 1 is 1.05 bits per heavy atom. The summed E-state index contributed by atoms with van der Waals surface area (Å²) >= 11 is 0. The molecular formula is C17H20N2O. The first kappa shape index (κ1) is 14.1. The van der Waals surface area contributed by atoms with Crippen molar-refractivity contribution < 1.29 is 4.79 Å². The third-order valence-corrected chi connectivity index (χ3v) is 3.36. The van der Waals surface area contributed by atoms with E-state index in [1.54, 1.807) is 19.0 Å². The maximum Gasteiger partial charge on any atom is 0.229 e. The molecule has 0 saturated heterocycles. The maximum absolute atomic E-state index is 12.4. The quantitative estimate of drug-likeness (QED) is 0.867. The summed E-state index contributed by atoms with van der Waals surface area (Å²) in [5, 5.41) is 0. The van der Waals surface area contributed by atoms with Gasteiger partial charge in [0.2, 0.25) is 5.91 Å². The lowest BCUT2D eigenvalue weighted by Gasteiger charge is -2.21. The Morgan fingerprint density at radius 3 is 2.20 bits per heavy atom. The average Bonchev–Trinajstić information content (AvgIpc) is 2.47. The highest BCUT2D eigenvalue weighted by molar-refractivity contribution is 5.83. The molecule has 20 heavy (non-hydrogen) atoms. The van der Waals surface area contributed by atoms with Gasteiger partial charge in [0.15, 0.2) is 0 Å². The van der Waals surface area contributed by atoms with Gasteiger partial charge in [0, 0.05) is 19.8 Å². The summed E-state index contributed by atoms with van der Waals surface area (Å²) in [6.45, 7) is 0. The lowest BCUT2D eigenvalue weighted by molar-refractivity contribution is -0.130. The van der Waals surface area contributed by atoms with Gasteiger partial charge in [-0.1, -0.05) is 42.5 Å². The van der Waals surface area contributed by atoms with Crippen LogP contribution in [0.4, 0.5) is 5.69 Å². The molecule has 0 aromatic heterocycles. The number of amides is 1. The minimum atomic E-state index is -0.158. The number of benzene rings is 2. The van der Waals surface area contributed by atoms with Crippen LogP contribution >= 0.6 is 0 Å². The van der Waals surface area contributed by atoms with Crippen molar-refractivity contribution in [1.82, 2.24) is 4.90 Å². The van der Waals surface area contributed by atoms with Crippen LogP contribution < -0.4 is 5.73 Å². The van der Waals surface area contributed by atoms with E-state index in [4.69, 9.17) is 5.73 Å². The molecule has 0 saturated carbocycles. The van der Waals surface area contributed by atoms with Crippen molar-refractivity contribution in [2.45, 2.75) is 12.3 Å². The van der Waals surface area contributed by atoms with E-state index in [9.17, 15) is 4.79 Å². The van der Waals surface area contributed by atoms with E-state index in [0.29, 0.717) is 6.42 Å². The van der Waals surface area contributed by atoms with Crippen molar-refractivity contribution in [3.63, 3.8) is 0 Å². The van der Waals surface area contributed by atoms with Gasteiger partial charge in [0.1, 0.15) is 0 Å². The summed E-state index contributed by atoms with van der Waals surface area (Å²) in [7, 11) is 3.59. The predicted octanol–water partition coefficient (Wildman–Crippen LogP) is 2.68. The Morgan fingerprint density at radius 2 is 1.65 bits per heavy atom. The number of nitrogens with two attached hydrogens (primary N) is 1. The predicted molar refractivity (Wildman–Crippen MR) is 82.4 cm³/mol. The van der Waals surface area contributed by atoms with Crippen LogP contribution in [0.25, 0.3) is 0 Å². The number of hydrogen-bond donors (Lipinski definition) is 1. The zero-order chi connectivity index (χ0) is 14.5. The summed E-state index contributed by atoms with van der Waals surface area (Å²) < 4.78 is 0. The van der Waals surface area contributed by atoms with Gasteiger partial charge in [0.05, 0.1) is 5.92 Å². The highest BCUT2D eigenvalue weighted by atomic mass is 16.2. The van der Waals surface area contributed by atoms with Crippen LogP contribution in [0.1, 0.15) is 17.0 Å². The number of hydrogen-bond acceptors (Lipinski definition) is 2. The molecule has 2 rings (SSSR count). The fraction of sp³-hybridized carbons (Fsp3) is 0.235. The summed E-state index contributed by atoms with van der Waals surface area (Å²) in [4.78, 5) is 14.1. The molecule has 0 fully saturated rings. The Bertz CT molecular complexity index is 561. The largest absolute Gasteiger partial charge is 0.399 e. The van der Waals surface area contributed by atoms with Crippen molar-refractivity contribution >= 4 is 11.6 Å². The first-order chi connectivity index (χ1) is 9.58. The van der Waals surface area contributed by atoms with E-state index >= 15 is 0 Å². The molecule has 0 radical (unpaired) electrons. The molecule has 0 spiro atoms. The molecule has 2 aromatic rings. The molecule has 0 bridgehead atoms. The van der Waals surface area contributed by atoms with Gasteiger partial charge in [-0.15, -0.1) is 0 Å². The van der Waals surface area contributed by atoms with Gasteiger partial charge < -0.3 is 10.6 Å². The number of nitrogens with zero attached hydrogens (tertiary/aromatic N) is 1. The van der Waals surface area contributed by atoms with Crippen LogP contribution in [-0.4, -0.2) is 24.9 Å². The van der Waals surface area contributed by atoms with E-state index < -0.39 is 0 Å². The third-order valence-electron chi connectivity index (χ3n) is 3.36. The van der Waals surface area contributed by atoms with E-state index in [1.807, 2.05) is 54.6 Å². The van der Waals surface area contributed by atoms with Gasteiger partial charge in [-0.2, -0.15) is 0 Å². The van der Waals surface area contributed by atoms with Crippen LogP contribution in [0.15, 0.2) is 54.6 Å². The molecule has 0 heterocycles. The second-order valence-corrected chi connectivity index (χ2v) is 5.14. The Labute approximate surface area is 120 Å². The molecule has 1 unspecified atom stereocenters. The minimum absolute atomic E-state index is 0.119. The second-order valence-electron chi connectivity index (χ2n) is 5.14. The standard InChI is InChI=1S/C17H20N2O/c1-19(2)17(20)16(14-6-4-3-5-7-14)12-13-8-10-15(18)11-9-13/h3-11,16H,12,18H2,1-2H3. The Hall–Kier alpha value is -2.29. The molecule has 104 valence electrons. The van der Waals surface area contributed by atoms with Gasteiger partial charge >= 0.3 is 0 Å². The summed E-state index contributed by atoms with van der Waals surface area (Å²) in [5.41, 5.74) is 8.60. The van der Waals surface area contributed by atoms with E-state index in [1.165, 1.54) is 0 Å². The van der Waals surface area contributed by atoms with Gasteiger partial charge in [-0.25, -0.2) is 0 Å². The topological polar surface area (TPSA) is 46.3 Å². The van der Waals surface area contributed by atoms with Crippen molar-refractivity contribution in [3.05, 3.63) is 65.7 Å². The van der Waals surface area contributed by atoms with Crippen LogP contribution in [0.3, 0.4) is 0 Å². The number of carbonyl (C=O) groups excluding carboxylic acids is 1. The molecule has 0 aliphatic carbocycles. The van der Waals surface area contributed by atoms with Crippen LogP contribution in [-0.2, 0) is 11.2 Å². The van der Waals surface area contributed by atoms with Crippen molar-refractivity contribution in [1.29, 1.82) is 0 Å². The minimum Gasteiger partial charge on any atom is -0.399 e. The number of anilines is 1. The van der Waals surface area contributed by atoms with E-state index in [2.05, 4.69) is 0 Å². The SMILES string of the molecule is CN(C)C(=O)C(Cc1ccc(N)cc1)c1ccccc1. The molecule has 3 nitrogen and oxygen atoms in total. The highest BCUT2D eigenvalue weighted by Gasteiger charge is 2.22. The number of likely N-dealkylation sites (N-methyl/N-ethyl adjacent to an activating group) is 1. The lowest BCUT2D eigenvalue weighted by atomic mass is 9.91. The molecular weight excluding hydrogens is 248 g/mol. The average molecular weight is 268 g/mol. The second kappa shape index (κ2) is 6.24. The normalized spacial score (nSPS) is 11.9. The van der Waals surface area contributed by atoms with E-state index in [0.717, 1.165) is 16.8 Å². The molecule has 2 N–H and O–H groups in total. The lowest BCUT2D eigenvalue weighted by Crippen LogP contribution is -2.29. The molecule has 1 amide bonds. The highest BCUT2D eigenvalue weighted by Crippen LogP contribution is 2.23. The zero-order valence-electron chi connectivity index (χ0n) is 11.9. The number of nitrogen functional groups attached to an aromatic ring is 1. The first-order valence-electron chi connectivity index (χ1n) is 6.68. The summed E-state index contributed by atoms with van der Waals surface area (Å²) in [6, 6.07) is 17.6. The fourth-order valence-corrected chi connectivity index (χ4v) is 2.23. The van der Waals surface area contributed by atoms with Gasteiger partial charge in [-0.05, 0) is 29.7 Å². The third kappa shape index (κ3) is 3.38. The molecule has 2 aromatic carbocycles. The van der Waals surface area contributed by atoms with Crippen LogP contribution in [0.5, 0.6) is 0 Å². The monoisotopic (exact) mass is 268 g/mol. The Balaban J connectivity index is 2.28. The smallest absolute Gasteiger partial charge is 0.229 e. The van der Waals surface area contributed by atoms with E-state index in [-0.39, 0.29) is 11.8 Å². The van der Waals surface area contributed by atoms with Gasteiger partial charge in [-0.3, -0.25) is 4.79 Å². The number of carbonyl (C=O) groups is 1. The maximum atomic E-state index is 12.4. The molecule has 1 atom stereocenters. The zero-order valence-corrected chi connectivity index (χ0v) is 11.9. The van der Waals surface area contributed by atoms with Crippen molar-refractivity contribution in [3.8, 4) is 0 Å². The van der Waals surface area contributed by atoms with Crippen LogP contribution in [0, 0.1) is 0 Å². The van der Waals surface area contributed by atoms with Crippen molar-refractivity contribution in [2.75, 3.05) is 19.8 Å². The summed E-state index contributed by atoms with van der Waals surface area (Å²) in [5.74, 6) is -0.0390. The van der Waals surface area contributed by atoms with Gasteiger partial charge in [0.25, 0.3) is 0 Å². The Kier molecular flexibility index (Phi) is 4.41. The van der Waals surface area contributed by atoms with Crippen molar-refractivity contribution in [2.24, 2.45) is 0 Å². The molecule has 0 aliphatic rings. The molecule has 0 aliphatic heterocycles. The fourth-order valence-electron chi connectivity index (χ4n) is 2.23.